The summed E-state index contributed by atoms with van der Waals surface area (Å²) in [5.74, 6) is 0.666. The van der Waals surface area contributed by atoms with Gasteiger partial charge in [-0.15, -0.1) is 0 Å². The predicted molar refractivity (Wildman–Crippen MR) is 94.3 cm³/mol. The zero-order chi connectivity index (χ0) is 18.7. The summed E-state index contributed by atoms with van der Waals surface area (Å²) in [6.45, 7) is 7.14. The molecule has 1 amide bonds. The molecule has 0 unspecified atom stereocenters. The molecule has 138 valence electrons. The number of hydrogen-bond donors (Lipinski definition) is 0. The quantitative estimate of drug-likeness (QED) is 0.833. The smallest absolute Gasteiger partial charge is 0.410 e. The molecule has 0 spiro atoms. The maximum absolute atomic E-state index is 12.1. The first-order chi connectivity index (χ1) is 12.4. The standard InChI is InChI=1S/C19H23N3O4/c1-19(2,3)26-18(23)22-8-5-13(6-9-22)24-12-14-10-15-16(11-20)21-7-4-17(15)25-14/h4,7,10,13H,5-6,8-9,12H2,1-3H3. The van der Waals surface area contributed by atoms with Crippen molar-refractivity contribution in [3.63, 3.8) is 0 Å². The van der Waals surface area contributed by atoms with E-state index in [1.54, 1.807) is 23.2 Å². The van der Waals surface area contributed by atoms with Crippen LogP contribution >= 0.6 is 0 Å². The lowest BCUT2D eigenvalue weighted by atomic mass is 10.1. The summed E-state index contributed by atoms with van der Waals surface area (Å²) < 4.78 is 17.0. The fraction of sp³-hybridized carbons (Fsp3) is 0.526. The van der Waals surface area contributed by atoms with Crippen LogP contribution in [0.3, 0.4) is 0 Å². The number of aromatic nitrogens is 1. The monoisotopic (exact) mass is 357 g/mol. The summed E-state index contributed by atoms with van der Waals surface area (Å²) >= 11 is 0. The Morgan fingerprint density at radius 3 is 2.81 bits per heavy atom. The van der Waals surface area contributed by atoms with E-state index in [2.05, 4.69) is 11.1 Å². The normalized spacial score (nSPS) is 15.8. The number of amides is 1. The number of carbonyl (C=O) groups is 1. The zero-order valence-electron chi connectivity index (χ0n) is 15.3. The third-order valence-electron chi connectivity index (χ3n) is 4.16. The molecule has 0 atom stereocenters. The number of piperidine rings is 1. The van der Waals surface area contributed by atoms with Crippen LogP contribution in [0.1, 0.15) is 45.1 Å². The molecule has 0 bridgehead atoms. The van der Waals surface area contributed by atoms with Gasteiger partial charge in [0, 0.05) is 19.3 Å². The summed E-state index contributed by atoms with van der Waals surface area (Å²) in [7, 11) is 0. The van der Waals surface area contributed by atoms with E-state index in [0.717, 1.165) is 12.8 Å². The maximum Gasteiger partial charge on any atom is 0.410 e. The van der Waals surface area contributed by atoms with Crippen LogP contribution < -0.4 is 0 Å². The topological polar surface area (TPSA) is 88.6 Å². The first kappa shape index (κ1) is 18.2. The molecule has 1 aliphatic heterocycles. The predicted octanol–water partition coefficient (Wildman–Crippen LogP) is 3.62. The van der Waals surface area contributed by atoms with Crippen molar-refractivity contribution >= 4 is 17.1 Å². The summed E-state index contributed by atoms with van der Waals surface area (Å²) in [5.41, 5.74) is 0.501. The van der Waals surface area contributed by atoms with E-state index >= 15 is 0 Å². The van der Waals surface area contributed by atoms with Gasteiger partial charge in [-0.3, -0.25) is 0 Å². The van der Waals surface area contributed by atoms with Crippen molar-refractivity contribution in [1.29, 1.82) is 5.26 Å². The van der Waals surface area contributed by atoms with Crippen LogP contribution in [0.2, 0.25) is 0 Å². The van der Waals surface area contributed by atoms with Crippen LogP contribution in [0.5, 0.6) is 0 Å². The number of likely N-dealkylation sites (tertiary alicyclic amines) is 1. The number of furan rings is 1. The highest BCUT2D eigenvalue weighted by atomic mass is 16.6. The van der Waals surface area contributed by atoms with E-state index in [1.165, 1.54) is 0 Å². The molecule has 26 heavy (non-hydrogen) atoms. The van der Waals surface area contributed by atoms with Crippen LogP contribution in [0.25, 0.3) is 11.0 Å². The number of pyridine rings is 1. The Morgan fingerprint density at radius 1 is 1.42 bits per heavy atom. The molecule has 2 aromatic heterocycles. The first-order valence-electron chi connectivity index (χ1n) is 8.73. The fourth-order valence-electron chi connectivity index (χ4n) is 2.91. The number of nitrogens with zero attached hydrogens (tertiary/aromatic N) is 3. The van der Waals surface area contributed by atoms with Crippen molar-refractivity contribution < 1.29 is 18.7 Å². The van der Waals surface area contributed by atoms with Crippen molar-refractivity contribution in [2.45, 2.75) is 51.9 Å². The average molecular weight is 357 g/mol. The van der Waals surface area contributed by atoms with Gasteiger partial charge in [-0.25, -0.2) is 9.78 Å². The Kier molecular flexibility index (Phi) is 5.14. The Balaban J connectivity index is 1.51. The van der Waals surface area contributed by atoms with E-state index in [0.29, 0.717) is 42.1 Å². The molecule has 0 aromatic carbocycles. The Labute approximate surface area is 152 Å². The van der Waals surface area contributed by atoms with Crippen molar-refractivity contribution in [3.05, 3.63) is 29.8 Å². The number of fused-ring (bicyclic) bond motifs is 1. The number of carbonyl (C=O) groups excluding carboxylic acids is 1. The minimum atomic E-state index is -0.483. The first-order valence-corrected chi connectivity index (χ1v) is 8.73. The van der Waals surface area contributed by atoms with Gasteiger partial charge in [0.25, 0.3) is 0 Å². The summed E-state index contributed by atoms with van der Waals surface area (Å²) in [4.78, 5) is 17.8. The molecule has 0 N–H and O–H groups in total. The van der Waals surface area contributed by atoms with Gasteiger partial charge in [-0.05, 0) is 45.7 Å². The summed E-state index contributed by atoms with van der Waals surface area (Å²) in [6, 6.07) is 5.60. The Bertz CT molecular complexity index is 823. The van der Waals surface area contributed by atoms with Gasteiger partial charge in [0.2, 0.25) is 0 Å². The molecule has 0 saturated carbocycles. The van der Waals surface area contributed by atoms with Crippen LogP contribution in [0.15, 0.2) is 22.7 Å². The second-order valence-corrected chi connectivity index (χ2v) is 7.37. The van der Waals surface area contributed by atoms with Gasteiger partial charge in [0.1, 0.15) is 29.6 Å². The molecule has 1 fully saturated rings. The van der Waals surface area contributed by atoms with Crippen LogP contribution in [-0.2, 0) is 16.1 Å². The number of ether oxygens (including phenoxy) is 2. The van der Waals surface area contributed by atoms with E-state index in [1.807, 2.05) is 20.8 Å². The summed E-state index contributed by atoms with van der Waals surface area (Å²) in [6.07, 6.45) is 2.86. The Morgan fingerprint density at radius 2 is 2.15 bits per heavy atom. The molecule has 1 aliphatic rings. The van der Waals surface area contributed by atoms with Gasteiger partial charge < -0.3 is 18.8 Å². The molecular formula is C19H23N3O4. The van der Waals surface area contributed by atoms with Gasteiger partial charge in [-0.1, -0.05) is 0 Å². The lowest BCUT2D eigenvalue weighted by Crippen LogP contribution is -2.43. The van der Waals surface area contributed by atoms with Crippen molar-refractivity contribution in [3.8, 4) is 6.07 Å². The lowest BCUT2D eigenvalue weighted by Gasteiger charge is -2.33. The zero-order valence-corrected chi connectivity index (χ0v) is 15.3. The third-order valence-corrected chi connectivity index (χ3v) is 4.16. The van der Waals surface area contributed by atoms with Gasteiger partial charge in [0.05, 0.1) is 11.5 Å². The van der Waals surface area contributed by atoms with E-state index in [4.69, 9.17) is 19.2 Å². The van der Waals surface area contributed by atoms with Crippen molar-refractivity contribution in [2.75, 3.05) is 13.1 Å². The molecule has 3 heterocycles. The molecular weight excluding hydrogens is 334 g/mol. The fourth-order valence-corrected chi connectivity index (χ4v) is 2.91. The maximum atomic E-state index is 12.1. The average Bonchev–Trinajstić information content (AvgIpc) is 3.02. The Hall–Kier alpha value is -2.59. The highest BCUT2D eigenvalue weighted by Gasteiger charge is 2.27. The minimum absolute atomic E-state index is 0.0652. The molecule has 7 heteroatoms. The highest BCUT2D eigenvalue weighted by molar-refractivity contribution is 5.82. The molecule has 0 radical (unpaired) electrons. The SMILES string of the molecule is CC(C)(C)OC(=O)N1CCC(OCc2cc3c(C#N)nccc3o2)CC1. The minimum Gasteiger partial charge on any atom is -0.458 e. The largest absolute Gasteiger partial charge is 0.458 e. The van der Waals surface area contributed by atoms with E-state index < -0.39 is 5.60 Å². The number of nitriles is 1. The van der Waals surface area contributed by atoms with Crippen LogP contribution in [-0.4, -0.2) is 40.8 Å². The third kappa shape index (κ3) is 4.33. The highest BCUT2D eigenvalue weighted by Crippen LogP contribution is 2.23. The van der Waals surface area contributed by atoms with Gasteiger partial charge in [0.15, 0.2) is 5.69 Å². The molecule has 0 aliphatic carbocycles. The van der Waals surface area contributed by atoms with E-state index in [-0.39, 0.29) is 12.2 Å². The van der Waals surface area contributed by atoms with Gasteiger partial charge >= 0.3 is 6.09 Å². The van der Waals surface area contributed by atoms with E-state index in [9.17, 15) is 4.79 Å². The second-order valence-electron chi connectivity index (χ2n) is 7.37. The van der Waals surface area contributed by atoms with Crippen LogP contribution in [0, 0.1) is 11.3 Å². The molecule has 2 aromatic rings. The lowest BCUT2D eigenvalue weighted by molar-refractivity contribution is -0.0207. The molecule has 3 rings (SSSR count). The second kappa shape index (κ2) is 7.34. The van der Waals surface area contributed by atoms with Gasteiger partial charge in [-0.2, -0.15) is 5.26 Å². The van der Waals surface area contributed by atoms with Crippen molar-refractivity contribution in [2.24, 2.45) is 0 Å². The number of hydrogen-bond acceptors (Lipinski definition) is 6. The molecule has 7 nitrogen and oxygen atoms in total. The summed E-state index contributed by atoms with van der Waals surface area (Å²) in [5, 5.41) is 9.79. The van der Waals surface area contributed by atoms with Crippen LogP contribution in [0.4, 0.5) is 4.79 Å². The molecule has 1 saturated heterocycles. The number of rotatable bonds is 3. The van der Waals surface area contributed by atoms with Crippen molar-refractivity contribution in [1.82, 2.24) is 9.88 Å².